The van der Waals surface area contributed by atoms with Gasteiger partial charge in [0.25, 0.3) is 0 Å². The van der Waals surface area contributed by atoms with Gasteiger partial charge in [-0.2, -0.15) is 0 Å². The molecule has 2 saturated heterocycles. The Bertz CT molecular complexity index is 371. The third-order valence-electron chi connectivity index (χ3n) is 3.58. The standard InChI is InChI=1S/C12H18N2O4/c1-3-4-9-6-18-7-10-5-13(12(16)17)8(2)11(15)14(9)10/h3,8-10H,1,4-7H2,2H3,(H,16,17)/t8-,9-,10+/m0/s1. The number of hydrogen-bond acceptors (Lipinski definition) is 3. The Labute approximate surface area is 106 Å². The van der Waals surface area contributed by atoms with Gasteiger partial charge in [0.05, 0.1) is 25.3 Å². The highest BCUT2D eigenvalue weighted by Crippen LogP contribution is 2.24. The van der Waals surface area contributed by atoms with Crippen LogP contribution in [0.2, 0.25) is 0 Å². The number of hydrogen-bond donors (Lipinski definition) is 1. The number of carboxylic acid groups (broad SMARTS) is 1. The van der Waals surface area contributed by atoms with Gasteiger partial charge >= 0.3 is 6.09 Å². The fourth-order valence-electron chi connectivity index (χ4n) is 2.65. The highest BCUT2D eigenvalue weighted by atomic mass is 16.5. The van der Waals surface area contributed by atoms with Crippen LogP contribution in [0.25, 0.3) is 0 Å². The summed E-state index contributed by atoms with van der Waals surface area (Å²) in [5, 5.41) is 9.08. The smallest absolute Gasteiger partial charge is 0.408 e. The Kier molecular flexibility index (Phi) is 3.56. The first-order valence-corrected chi connectivity index (χ1v) is 6.06. The van der Waals surface area contributed by atoms with Gasteiger partial charge in [-0.15, -0.1) is 6.58 Å². The zero-order chi connectivity index (χ0) is 13.3. The van der Waals surface area contributed by atoms with E-state index in [-0.39, 0.29) is 18.0 Å². The normalized spacial score (nSPS) is 32.1. The maximum Gasteiger partial charge on any atom is 0.408 e. The molecule has 0 bridgehead atoms. The molecule has 6 nitrogen and oxygen atoms in total. The molecule has 0 aromatic heterocycles. The number of morpholine rings is 1. The molecule has 0 aromatic carbocycles. The highest BCUT2D eigenvalue weighted by Gasteiger charge is 2.44. The summed E-state index contributed by atoms with van der Waals surface area (Å²) in [4.78, 5) is 26.4. The van der Waals surface area contributed by atoms with Gasteiger partial charge < -0.3 is 14.7 Å². The van der Waals surface area contributed by atoms with Crippen molar-refractivity contribution in [3.05, 3.63) is 12.7 Å². The highest BCUT2D eigenvalue weighted by molar-refractivity contribution is 5.87. The molecule has 2 fully saturated rings. The maximum atomic E-state index is 12.3. The third-order valence-corrected chi connectivity index (χ3v) is 3.58. The van der Waals surface area contributed by atoms with Gasteiger partial charge in [0.1, 0.15) is 6.04 Å². The third kappa shape index (κ3) is 2.08. The van der Waals surface area contributed by atoms with E-state index < -0.39 is 12.1 Å². The molecular formula is C12H18N2O4. The fraction of sp³-hybridized carbons (Fsp3) is 0.667. The number of carbonyl (C=O) groups excluding carboxylic acids is 1. The van der Waals surface area contributed by atoms with Crippen molar-refractivity contribution < 1.29 is 19.4 Å². The molecule has 2 aliphatic heterocycles. The Hall–Kier alpha value is -1.56. The number of piperazine rings is 1. The predicted molar refractivity (Wildman–Crippen MR) is 64.2 cm³/mol. The lowest BCUT2D eigenvalue weighted by atomic mass is 10.0. The Morgan fingerprint density at radius 2 is 2.33 bits per heavy atom. The SMILES string of the molecule is C=CC[C@H]1COC[C@H]2CN(C(=O)O)[C@@H](C)C(=O)N12. The molecule has 0 spiro atoms. The van der Waals surface area contributed by atoms with Crippen molar-refractivity contribution in [3.8, 4) is 0 Å². The second-order valence-electron chi connectivity index (χ2n) is 4.73. The summed E-state index contributed by atoms with van der Waals surface area (Å²) in [6.45, 7) is 6.52. The van der Waals surface area contributed by atoms with E-state index in [1.54, 1.807) is 17.9 Å². The molecule has 0 aromatic rings. The van der Waals surface area contributed by atoms with E-state index in [4.69, 9.17) is 9.84 Å². The van der Waals surface area contributed by atoms with E-state index >= 15 is 0 Å². The van der Waals surface area contributed by atoms with Gasteiger partial charge in [0.15, 0.2) is 0 Å². The molecule has 2 aliphatic rings. The van der Waals surface area contributed by atoms with E-state index in [2.05, 4.69) is 6.58 Å². The first-order valence-electron chi connectivity index (χ1n) is 6.06. The van der Waals surface area contributed by atoms with E-state index in [0.29, 0.717) is 26.2 Å². The van der Waals surface area contributed by atoms with Gasteiger partial charge in [-0.25, -0.2) is 4.79 Å². The molecule has 2 amide bonds. The number of ether oxygens (including phenoxy) is 1. The molecule has 0 unspecified atom stereocenters. The molecule has 2 heterocycles. The number of carbonyl (C=O) groups is 2. The zero-order valence-electron chi connectivity index (χ0n) is 10.4. The molecule has 100 valence electrons. The maximum absolute atomic E-state index is 12.3. The summed E-state index contributed by atoms with van der Waals surface area (Å²) >= 11 is 0. The largest absolute Gasteiger partial charge is 0.465 e. The molecule has 0 aliphatic carbocycles. The summed E-state index contributed by atoms with van der Waals surface area (Å²) in [6, 6.07) is -0.820. The number of nitrogens with zero attached hydrogens (tertiary/aromatic N) is 2. The fourth-order valence-corrected chi connectivity index (χ4v) is 2.65. The first kappa shape index (κ1) is 12.9. The van der Waals surface area contributed by atoms with Gasteiger partial charge in [-0.3, -0.25) is 9.69 Å². The minimum Gasteiger partial charge on any atom is -0.465 e. The molecular weight excluding hydrogens is 236 g/mol. The van der Waals surface area contributed by atoms with Crippen LogP contribution in [0, 0.1) is 0 Å². The second kappa shape index (κ2) is 4.97. The van der Waals surface area contributed by atoms with Crippen molar-refractivity contribution in [1.82, 2.24) is 9.80 Å². The summed E-state index contributed by atoms with van der Waals surface area (Å²) < 4.78 is 5.45. The zero-order valence-corrected chi connectivity index (χ0v) is 10.4. The molecule has 18 heavy (non-hydrogen) atoms. The number of rotatable bonds is 2. The van der Waals surface area contributed by atoms with E-state index in [1.807, 2.05) is 0 Å². The van der Waals surface area contributed by atoms with Crippen molar-refractivity contribution in [1.29, 1.82) is 0 Å². The molecule has 6 heteroatoms. The Balaban J connectivity index is 2.20. The summed E-state index contributed by atoms with van der Waals surface area (Å²) in [5.41, 5.74) is 0. The summed E-state index contributed by atoms with van der Waals surface area (Å²) in [7, 11) is 0. The van der Waals surface area contributed by atoms with Crippen LogP contribution in [0.1, 0.15) is 13.3 Å². The molecule has 3 atom stereocenters. The van der Waals surface area contributed by atoms with Crippen LogP contribution >= 0.6 is 0 Å². The van der Waals surface area contributed by atoms with Crippen LogP contribution in [-0.2, 0) is 9.53 Å². The average Bonchev–Trinajstić information content (AvgIpc) is 2.33. The molecule has 1 N–H and O–H groups in total. The molecule has 0 saturated carbocycles. The van der Waals surface area contributed by atoms with E-state index in [0.717, 1.165) is 0 Å². The monoisotopic (exact) mass is 254 g/mol. The van der Waals surface area contributed by atoms with Crippen LogP contribution in [0.3, 0.4) is 0 Å². The van der Waals surface area contributed by atoms with Crippen LogP contribution < -0.4 is 0 Å². The minimum atomic E-state index is -1.05. The van der Waals surface area contributed by atoms with Crippen molar-refractivity contribution in [2.24, 2.45) is 0 Å². The Morgan fingerprint density at radius 3 is 2.94 bits per heavy atom. The lowest BCUT2D eigenvalue weighted by Gasteiger charge is -2.49. The van der Waals surface area contributed by atoms with Crippen molar-refractivity contribution in [2.45, 2.75) is 31.5 Å². The quantitative estimate of drug-likeness (QED) is 0.730. The second-order valence-corrected chi connectivity index (χ2v) is 4.73. The van der Waals surface area contributed by atoms with Crippen LogP contribution in [-0.4, -0.2) is 64.8 Å². The van der Waals surface area contributed by atoms with Gasteiger partial charge in [0, 0.05) is 6.54 Å². The van der Waals surface area contributed by atoms with E-state index in [1.165, 1.54) is 4.90 Å². The topological polar surface area (TPSA) is 70.1 Å². The molecule has 0 radical (unpaired) electrons. The summed E-state index contributed by atoms with van der Waals surface area (Å²) in [5.74, 6) is -0.135. The van der Waals surface area contributed by atoms with Crippen LogP contribution in [0.15, 0.2) is 12.7 Å². The predicted octanol–water partition coefficient (Wildman–Crippen LogP) is 0.541. The number of fused-ring (bicyclic) bond motifs is 1. The average molecular weight is 254 g/mol. The van der Waals surface area contributed by atoms with Crippen molar-refractivity contribution in [3.63, 3.8) is 0 Å². The molecule has 2 rings (SSSR count). The van der Waals surface area contributed by atoms with Gasteiger partial charge in [-0.1, -0.05) is 6.08 Å². The van der Waals surface area contributed by atoms with Crippen LogP contribution in [0.5, 0.6) is 0 Å². The Morgan fingerprint density at radius 1 is 1.61 bits per heavy atom. The van der Waals surface area contributed by atoms with Crippen LogP contribution in [0.4, 0.5) is 4.79 Å². The van der Waals surface area contributed by atoms with Crippen molar-refractivity contribution >= 4 is 12.0 Å². The van der Waals surface area contributed by atoms with E-state index in [9.17, 15) is 9.59 Å². The minimum absolute atomic E-state index is 0.0212. The lowest BCUT2D eigenvalue weighted by Crippen LogP contribution is -2.68. The first-order chi connectivity index (χ1) is 8.56. The summed E-state index contributed by atoms with van der Waals surface area (Å²) in [6.07, 6.45) is 1.38. The van der Waals surface area contributed by atoms with Crippen molar-refractivity contribution in [2.75, 3.05) is 19.8 Å². The van der Waals surface area contributed by atoms with Gasteiger partial charge in [0.2, 0.25) is 5.91 Å². The lowest BCUT2D eigenvalue weighted by molar-refractivity contribution is -0.159. The number of amides is 2. The van der Waals surface area contributed by atoms with Gasteiger partial charge in [-0.05, 0) is 13.3 Å².